The topological polar surface area (TPSA) is 64.3 Å². The SMILES string of the molecule is CC1(C)C2OCCC2C1(N)C(=O)NCCCCC(F)(F)F. The second kappa shape index (κ2) is 5.43. The number of halogens is 3. The lowest BCUT2D eigenvalue weighted by Gasteiger charge is -2.60. The Hall–Kier alpha value is -0.820. The molecule has 1 aliphatic carbocycles. The normalized spacial score (nSPS) is 34.2. The molecule has 1 saturated carbocycles. The molecule has 7 heteroatoms. The van der Waals surface area contributed by atoms with E-state index in [4.69, 9.17) is 10.5 Å². The number of alkyl halides is 3. The molecule has 3 N–H and O–H groups in total. The van der Waals surface area contributed by atoms with E-state index in [0.717, 1.165) is 6.42 Å². The van der Waals surface area contributed by atoms with Gasteiger partial charge in [0.05, 0.1) is 6.10 Å². The smallest absolute Gasteiger partial charge is 0.377 e. The van der Waals surface area contributed by atoms with Crippen LogP contribution in [0.2, 0.25) is 0 Å². The maximum absolute atomic E-state index is 12.4. The third-order valence-corrected chi connectivity index (χ3v) is 5.00. The summed E-state index contributed by atoms with van der Waals surface area (Å²) in [6.45, 7) is 4.64. The summed E-state index contributed by atoms with van der Waals surface area (Å²) < 4.78 is 41.7. The van der Waals surface area contributed by atoms with Gasteiger partial charge in [-0.3, -0.25) is 4.79 Å². The molecule has 2 rings (SSSR count). The monoisotopic (exact) mass is 308 g/mol. The first-order chi connectivity index (χ1) is 9.61. The molecule has 0 aromatic heterocycles. The van der Waals surface area contributed by atoms with Crippen LogP contribution in [0.15, 0.2) is 0 Å². The Morgan fingerprint density at radius 2 is 2.05 bits per heavy atom. The van der Waals surface area contributed by atoms with E-state index in [0.29, 0.717) is 13.0 Å². The van der Waals surface area contributed by atoms with Crippen molar-refractivity contribution in [2.24, 2.45) is 17.1 Å². The molecule has 3 atom stereocenters. The predicted octanol–water partition coefficient (Wildman–Crippen LogP) is 1.98. The van der Waals surface area contributed by atoms with Gasteiger partial charge in [-0.15, -0.1) is 0 Å². The number of hydrogen-bond donors (Lipinski definition) is 2. The molecule has 0 aromatic rings. The number of carbonyl (C=O) groups excluding carboxylic acids is 1. The number of nitrogens with one attached hydrogen (secondary N) is 1. The van der Waals surface area contributed by atoms with Crippen LogP contribution in [0.5, 0.6) is 0 Å². The second-order valence-corrected chi connectivity index (χ2v) is 6.61. The molecule has 1 amide bonds. The second-order valence-electron chi connectivity index (χ2n) is 6.61. The van der Waals surface area contributed by atoms with Crippen molar-refractivity contribution in [1.29, 1.82) is 0 Å². The molecule has 3 unspecified atom stereocenters. The maximum atomic E-state index is 12.4. The van der Waals surface area contributed by atoms with E-state index >= 15 is 0 Å². The van der Waals surface area contributed by atoms with Gasteiger partial charge in [-0.05, 0) is 19.3 Å². The molecular formula is C14H23F3N2O2. The third-order valence-electron chi connectivity index (χ3n) is 5.00. The molecule has 1 saturated heterocycles. The van der Waals surface area contributed by atoms with Crippen molar-refractivity contribution in [3.63, 3.8) is 0 Å². The molecule has 0 radical (unpaired) electrons. The Labute approximate surface area is 122 Å². The number of rotatable bonds is 5. The molecule has 1 aliphatic heterocycles. The van der Waals surface area contributed by atoms with Crippen LogP contribution in [-0.2, 0) is 9.53 Å². The number of carbonyl (C=O) groups is 1. The van der Waals surface area contributed by atoms with Gasteiger partial charge in [-0.2, -0.15) is 13.2 Å². The fraction of sp³-hybridized carbons (Fsp3) is 0.929. The van der Waals surface area contributed by atoms with Crippen LogP contribution >= 0.6 is 0 Å². The summed E-state index contributed by atoms with van der Waals surface area (Å²) in [6.07, 6.45) is -3.89. The van der Waals surface area contributed by atoms with E-state index in [1.165, 1.54) is 0 Å². The molecule has 2 fully saturated rings. The van der Waals surface area contributed by atoms with Gasteiger partial charge >= 0.3 is 6.18 Å². The van der Waals surface area contributed by atoms with Crippen LogP contribution in [-0.4, -0.2) is 36.9 Å². The number of unbranched alkanes of at least 4 members (excludes halogenated alkanes) is 1. The zero-order valence-corrected chi connectivity index (χ0v) is 12.4. The first-order valence-electron chi connectivity index (χ1n) is 7.36. The zero-order valence-electron chi connectivity index (χ0n) is 12.4. The van der Waals surface area contributed by atoms with Crippen LogP contribution < -0.4 is 11.1 Å². The van der Waals surface area contributed by atoms with Crippen LogP contribution in [0.3, 0.4) is 0 Å². The van der Waals surface area contributed by atoms with Gasteiger partial charge in [0.25, 0.3) is 0 Å². The predicted molar refractivity (Wildman–Crippen MR) is 71.5 cm³/mol. The van der Waals surface area contributed by atoms with Crippen molar-refractivity contribution < 1.29 is 22.7 Å². The first-order valence-corrected chi connectivity index (χ1v) is 7.36. The Kier molecular flexibility index (Phi) is 4.28. The number of nitrogens with two attached hydrogens (primary N) is 1. The lowest BCUT2D eigenvalue weighted by atomic mass is 9.48. The van der Waals surface area contributed by atoms with E-state index in [1.807, 2.05) is 13.8 Å². The van der Waals surface area contributed by atoms with Crippen LogP contribution in [0.1, 0.15) is 39.5 Å². The lowest BCUT2D eigenvalue weighted by Crippen LogP contribution is -2.80. The third kappa shape index (κ3) is 2.77. The summed E-state index contributed by atoms with van der Waals surface area (Å²) in [5, 5.41) is 2.69. The fourth-order valence-corrected chi connectivity index (χ4v) is 3.64. The Morgan fingerprint density at radius 3 is 2.67 bits per heavy atom. The van der Waals surface area contributed by atoms with Crippen molar-refractivity contribution >= 4 is 5.91 Å². The molecule has 0 bridgehead atoms. The summed E-state index contributed by atoms with van der Waals surface area (Å²) in [4.78, 5) is 12.4. The summed E-state index contributed by atoms with van der Waals surface area (Å²) >= 11 is 0. The number of amides is 1. The van der Waals surface area contributed by atoms with E-state index in [2.05, 4.69) is 5.32 Å². The number of fused-ring (bicyclic) bond motifs is 1. The van der Waals surface area contributed by atoms with Crippen LogP contribution in [0, 0.1) is 11.3 Å². The minimum Gasteiger partial charge on any atom is -0.377 e. The van der Waals surface area contributed by atoms with Crippen LogP contribution in [0.4, 0.5) is 13.2 Å². The highest BCUT2D eigenvalue weighted by Crippen LogP contribution is 2.58. The quantitative estimate of drug-likeness (QED) is 0.763. The van der Waals surface area contributed by atoms with Crippen LogP contribution in [0.25, 0.3) is 0 Å². The Balaban J connectivity index is 1.81. The van der Waals surface area contributed by atoms with Crippen molar-refractivity contribution in [1.82, 2.24) is 5.32 Å². The Morgan fingerprint density at radius 1 is 1.38 bits per heavy atom. The van der Waals surface area contributed by atoms with Gasteiger partial charge in [0.15, 0.2) is 0 Å². The molecule has 0 spiro atoms. The van der Waals surface area contributed by atoms with E-state index in [-0.39, 0.29) is 30.9 Å². The highest BCUT2D eigenvalue weighted by atomic mass is 19.4. The minimum absolute atomic E-state index is 0.00141. The van der Waals surface area contributed by atoms with Crippen molar-refractivity contribution in [3.8, 4) is 0 Å². The zero-order chi connectivity index (χ0) is 15.9. The summed E-state index contributed by atoms with van der Waals surface area (Å²) in [7, 11) is 0. The van der Waals surface area contributed by atoms with E-state index in [1.54, 1.807) is 0 Å². The highest BCUT2D eigenvalue weighted by molar-refractivity contribution is 5.89. The summed E-state index contributed by atoms with van der Waals surface area (Å²) in [5.41, 5.74) is 4.88. The van der Waals surface area contributed by atoms with Gasteiger partial charge in [-0.25, -0.2) is 0 Å². The number of hydrogen-bond acceptors (Lipinski definition) is 3. The molecule has 21 heavy (non-hydrogen) atoms. The van der Waals surface area contributed by atoms with Crippen molar-refractivity contribution in [2.45, 2.75) is 57.3 Å². The molecule has 122 valence electrons. The van der Waals surface area contributed by atoms with Crippen molar-refractivity contribution in [2.75, 3.05) is 13.2 Å². The molecule has 4 nitrogen and oxygen atoms in total. The van der Waals surface area contributed by atoms with Gasteiger partial charge in [0.2, 0.25) is 5.91 Å². The average molecular weight is 308 g/mol. The average Bonchev–Trinajstić information content (AvgIpc) is 2.83. The molecule has 2 aliphatic rings. The summed E-state index contributed by atoms with van der Waals surface area (Å²) in [5.74, 6) is -0.270. The minimum atomic E-state index is -4.14. The maximum Gasteiger partial charge on any atom is 0.389 e. The molecule has 1 heterocycles. The number of ether oxygens (including phenoxy) is 1. The van der Waals surface area contributed by atoms with Gasteiger partial charge in [-0.1, -0.05) is 13.8 Å². The van der Waals surface area contributed by atoms with Gasteiger partial charge in [0, 0.05) is 30.9 Å². The fourth-order valence-electron chi connectivity index (χ4n) is 3.64. The van der Waals surface area contributed by atoms with Gasteiger partial charge < -0.3 is 15.8 Å². The first kappa shape index (κ1) is 16.5. The largest absolute Gasteiger partial charge is 0.389 e. The summed E-state index contributed by atoms with van der Waals surface area (Å²) in [6, 6.07) is 0. The van der Waals surface area contributed by atoms with E-state index in [9.17, 15) is 18.0 Å². The highest BCUT2D eigenvalue weighted by Gasteiger charge is 2.71. The van der Waals surface area contributed by atoms with Crippen molar-refractivity contribution in [3.05, 3.63) is 0 Å². The van der Waals surface area contributed by atoms with Gasteiger partial charge in [0.1, 0.15) is 5.54 Å². The molecule has 0 aromatic carbocycles. The standard InChI is InChI=1S/C14H23F3N2O2/c1-12(2)10-9(5-8-21-10)14(12,18)11(20)19-7-4-3-6-13(15,16)17/h9-10H,3-8,18H2,1-2H3,(H,19,20). The van der Waals surface area contributed by atoms with E-state index < -0.39 is 23.6 Å². The lowest BCUT2D eigenvalue weighted by molar-refractivity contribution is -0.175. The molecular weight excluding hydrogens is 285 g/mol. The Bertz CT molecular complexity index is 412.